The Bertz CT molecular complexity index is 417. The number of amides is 1. The largest absolute Gasteiger partial charge is 0.396 e. The second-order valence-corrected chi connectivity index (χ2v) is 5.26. The zero-order valence-corrected chi connectivity index (χ0v) is 11.5. The number of nitrogens with one attached hydrogen (secondary N) is 2. The van der Waals surface area contributed by atoms with Crippen molar-refractivity contribution >= 4 is 5.91 Å². The Morgan fingerprint density at radius 3 is 2.95 bits per heavy atom. The van der Waals surface area contributed by atoms with E-state index in [9.17, 15) is 9.90 Å². The van der Waals surface area contributed by atoms with Crippen LogP contribution in [0.2, 0.25) is 0 Å². The van der Waals surface area contributed by atoms with Crippen LogP contribution in [0.15, 0.2) is 6.20 Å². The van der Waals surface area contributed by atoms with Gasteiger partial charge in [-0.05, 0) is 12.8 Å². The van der Waals surface area contributed by atoms with Crippen LogP contribution in [0.1, 0.15) is 55.3 Å². The molecule has 1 aromatic rings. The highest BCUT2D eigenvalue weighted by Gasteiger charge is 2.25. The first kappa shape index (κ1) is 14.1. The molecule has 1 aliphatic rings. The molecule has 1 aliphatic carbocycles. The van der Waals surface area contributed by atoms with Crippen molar-refractivity contribution in [2.75, 3.05) is 6.61 Å². The molecule has 106 valence electrons. The number of aromatic amines is 1. The Hall–Kier alpha value is -1.36. The second-order valence-electron chi connectivity index (χ2n) is 5.26. The van der Waals surface area contributed by atoms with Gasteiger partial charge < -0.3 is 15.4 Å². The number of carbonyl (C=O) groups excluding carboxylic acids is 1. The Labute approximate surface area is 113 Å². The zero-order chi connectivity index (χ0) is 13.7. The quantitative estimate of drug-likeness (QED) is 0.724. The average Bonchev–Trinajstić information content (AvgIpc) is 2.80. The fourth-order valence-corrected chi connectivity index (χ4v) is 2.70. The molecule has 0 bridgehead atoms. The van der Waals surface area contributed by atoms with Crippen molar-refractivity contribution < 1.29 is 9.90 Å². The molecule has 19 heavy (non-hydrogen) atoms. The zero-order valence-electron chi connectivity index (χ0n) is 11.5. The van der Waals surface area contributed by atoms with Gasteiger partial charge in [0.15, 0.2) is 0 Å². The summed E-state index contributed by atoms with van der Waals surface area (Å²) < 4.78 is 0. The van der Waals surface area contributed by atoms with Gasteiger partial charge in [0.2, 0.25) is 0 Å². The summed E-state index contributed by atoms with van der Waals surface area (Å²) in [5.41, 5.74) is 0.512. The summed E-state index contributed by atoms with van der Waals surface area (Å²) in [6.45, 7) is 2.14. The molecule has 1 amide bonds. The van der Waals surface area contributed by atoms with Gasteiger partial charge >= 0.3 is 0 Å². The predicted molar refractivity (Wildman–Crippen MR) is 72.9 cm³/mol. The SMILES string of the molecule is CCc1ncc(C(=O)NC2CCCCCC2CO)[nH]1. The minimum atomic E-state index is -0.113. The predicted octanol–water partition coefficient (Wildman–Crippen LogP) is 1.64. The molecule has 0 spiro atoms. The highest BCUT2D eigenvalue weighted by atomic mass is 16.3. The summed E-state index contributed by atoms with van der Waals surface area (Å²) in [4.78, 5) is 19.3. The number of hydrogen-bond donors (Lipinski definition) is 3. The molecule has 0 aromatic carbocycles. The topological polar surface area (TPSA) is 78.0 Å². The fourth-order valence-electron chi connectivity index (χ4n) is 2.70. The van der Waals surface area contributed by atoms with Crippen LogP contribution >= 0.6 is 0 Å². The third-order valence-electron chi connectivity index (χ3n) is 3.92. The number of hydrogen-bond acceptors (Lipinski definition) is 3. The van der Waals surface area contributed by atoms with Gasteiger partial charge in [-0.1, -0.05) is 26.2 Å². The van der Waals surface area contributed by atoms with Crippen LogP contribution in [0.5, 0.6) is 0 Å². The maximum atomic E-state index is 12.2. The van der Waals surface area contributed by atoms with E-state index in [2.05, 4.69) is 15.3 Å². The number of aliphatic hydroxyl groups excluding tert-OH is 1. The van der Waals surface area contributed by atoms with Crippen LogP contribution in [-0.4, -0.2) is 33.6 Å². The molecular weight excluding hydrogens is 242 g/mol. The Kier molecular flexibility index (Phi) is 4.96. The fraction of sp³-hybridized carbons (Fsp3) is 0.714. The molecule has 1 aromatic heterocycles. The first-order valence-electron chi connectivity index (χ1n) is 7.20. The van der Waals surface area contributed by atoms with Crippen molar-refractivity contribution in [3.63, 3.8) is 0 Å². The third kappa shape index (κ3) is 3.56. The average molecular weight is 265 g/mol. The van der Waals surface area contributed by atoms with Crippen molar-refractivity contribution in [2.45, 2.75) is 51.5 Å². The van der Waals surface area contributed by atoms with E-state index < -0.39 is 0 Å². The monoisotopic (exact) mass is 265 g/mol. The van der Waals surface area contributed by atoms with E-state index in [1.54, 1.807) is 6.20 Å². The lowest BCUT2D eigenvalue weighted by atomic mass is 9.95. The van der Waals surface area contributed by atoms with Crippen LogP contribution in [0.25, 0.3) is 0 Å². The molecule has 5 heteroatoms. The lowest BCUT2D eigenvalue weighted by Gasteiger charge is -2.24. The minimum Gasteiger partial charge on any atom is -0.396 e. The number of H-pyrrole nitrogens is 1. The minimum absolute atomic E-state index is 0.0772. The molecule has 3 N–H and O–H groups in total. The van der Waals surface area contributed by atoms with Crippen LogP contribution in [0.3, 0.4) is 0 Å². The lowest BCUT2D eigenvalue weighted by molar-refractivity contribution is 0.0895. The van der Waals surface area contributed by atoms with Gasteiger partial charge in [-0.25, -0.2) is 4.98 Å². The Morgan fingerprint density at radius 2 is 2.26 bits per heavy atom. The molecule has 1 fully saturated rings. The van der Waals surface area contributed by atoms with Gasteiger partial charge in [-0.2, -0.15) is 0 Å². The molecule has 0 saturated heterocycles. The van der Waals surface area contributed by atoms with Gasteiger partial charge in [-0.15, -0.1) is 0 Å². The van der Waals surface area contributed by atoms with Gasteiger partial charge in [0, 0.05) is 25.0 Å². The van der Waals surface area contributed by atoms with Gasteiger partial charge in [0.25, 0.3) is 5.91 Å². The Balaban J connectivity index is 1.99. The standard InChI is InChI=1S/C14H23N3O2/c1-2-13-15-8-12(16-13)14(19)17-11-7-5-3-4-6-10(11)9-18/h8,10-11,18H,2-7,9H2,1H3,(H,15,16)(H,17,19). The Morgan fingerprint density at radius 1 is 1.47 bits per heavy atom. The number of rotatable bonds is 4. The number of carbonyl (C=O) groups is 1. The number of aryl methyl sites for hydroxylation is 1. The lowest BCUT2D eigenvalue weighted by Crippen LogP contribution is -2.41. The van der Waals surface area contributed by atoms with E-state index in [0.29, 0.717) is 5.69 Å². The van der Waals surface area contributed by atoms with E-state index in [1.807, 2.05) is 6.92 Å². The molecule has 2 rings (SSSR count). The van der Waals surface area contributed by atoms with Crippen LogP contribution in [0.4, 0.5) is 0 Å². The molecular formula is C14H23N3O2. The number of aromatic nitrogens is 2. The van der Waals surface area contributed by atoms with E-state index in [4.69, 9.17) is 0 Å². The van der Waals surface area contributed by atoms with Crippen molar-refractivity contribution in [1.82, 2.24) is 15.3 Å². The van der Waals surface area contributed by atoms with Crippen LogP contribution < -0.4 is 5.32 Å². The summed E-state index contributed by atoms with van der Waals surface area (Å²) >= 11 is 0. The summed E-state index contributed by atoms with van der Waals surface area (Å²) in [5, 5.41) is 12.5. The highest BCUT2D eigenvalue weighted by Crippen LogP contribution is 2.23. The summed E-state index contributed by atoms with van der Waals surface area (Å²) in [5.74, 6) is 0.891. The molecule has 1 heterocycles. The van der Waals surface area contributed by atoms with E-state index in [-0.39, 0.29) is 24.5 Å². The molecule has 2 unspecified atom stereocenters. The molecule has 0 aliphatic heterocycles. The second kappa shape index (κ2) is 6.70. The molecule has 0 radical (unpaired) electrons. The summed E-state index contributed by atoms with van der Waals surface area (Å²) in [6, 6.07) is 0.0772. The third-order valence-corrected chi connectivity index (χ3v) is 3.92. The number of imidazole rings is 1. The maximum Gasteiger partial charge on any atom is 0.269 e. The van der Waals surface area contributed by atoms with Crippen molar-refractivity contribution in [1.29, 1.82) is 0 Å². The van der Waals surface area contributed by atoms with Crippen LogP contribution in [-0.2, 0) is 6.42 Å². The van der Waals surface area contributed by atoms with E-state index in [1.165, 1.54) is 6.42 Å². The van der Waals surface area contributed by atoms with Gasteiger partial charge in [0.1, 0.15) is 11.5 Å². The van der Waals surface area contributed by atoms with Gasteiger partial charge in [-0.3, -0.25) is 4.79 Å². The van der Waals surface area contributed by atoms with Crippen LogP contribution in [0, 0.1) is 5.92 Å². The number of nitrogens with zero attached hydrogens (tertiary/aromatic N) is 1. The number of aliphatic hydroxyl groups is 1. The van der Waals surface area contributed by atoms with Crippen molar-refractivity contribution in [3.8, 4) is 0 Å². The smallest absolute Gasteiger partial charge is 0.269 e. The normalized spacial score (nSPS) is 23.9. The maximum absolute atomic E-state index is 12.2. The molecule has 5 nitrogen and oxygen atoms in total. The highest BCUT2D eigenvalue weighted by molar-refractivity contribution is 5.92. The van der Waals surface area contributed by atoms with E-state index in [0.717, 1.165) is 37.9 Å². The van der Waals surface area contributed by atoms with Crippen molar-refractivity contribution in [2.24, 2.45) is 5.92 Å². The first-order chi connectivity index (χ1) is 9.24. The molecule has 1 saturated carbocycles. The summed E-state index contributed by atoms with van der Waals surface area (Å²) in [6.07, 6.45) is 7.75. The van der Waals surface area contributed by atoms with E-state index >= 15 is 0 Å². The molecule has 2 atom stereocenters. The van der Waals surface area contributed by atoms with Crippen molar-refractivity contribution in [3.05, 3.63) is 17.7 Å². The summed E-state index contributed by atoms with van der Waals surface area (Å²) in [7, 11) is 0. The van der Waals surface area contributed by atoms with Gasteiger partial charge in [0.05, 0.1) is 6.20 Å². The first-order valence-corrected chi connectivity index (χ1v) is 7.20.